The molecule has 0 aromatic heterocycles. The highest BCUT2D eigenvalue weighted by Gasteiger charge is 2.26. The van der Waals surface area contributed by atoms with Crippen LogP contribution in [0.3, 0.4) is 0 Å². The fourth-order valence-corrected chi connectivity index (χ4v) is 2.23. The van der Waals surface area contributed by atoms with Crippen molar-refractivity contribution in [3.05, 3.63) is 0 Å². The van der Waals surface area contributed by atoms with Crippen LogP contribution in [0.2, 0.25) is 0 Å². The fraction of sp³-hybridized carbons (Fsp3) is 0.800. The molecule has 1 aliphatic heterocycles. The molecular weight excluding hydrogens is 228 g/mol. The minimum absolute atomic E-state index is 0.0440. The Kier molecular flexibility index (Phi) is 6.25. The number of hydrogen-bond acceptors (Lipinski definition) is 4. The van der Waals surface area contributed by atoms with Crippen molar-refractivity contribution in [1.82, 2.24) is 10.6 Å². The van der Waals surface area contributed by atoms with Gasteiger partial charge in [0, 0.05) is 25.3 Å². The molecule has 1 fully saturated rings. The summed E-state index contributed by atoms with van der Waals surface area (Å²) in [5, 5.41) is 14.0. The van der Waals surface area contributed by atoms with Gasteiger partial charge in [-0.3, -0.25) is 9.59 Å². The van der Waals surface area contributed by atoms with Gasteiger partial charge in [-0.25, -0.2) is 0 Å². The van der Waals surface area contributed by atoms with Crippen LogP contribution < -0.4 is 10.6 Å². The molecule has 1 atom stereocenters. The summed E-state index contributed by atoms with van der Waals surface area (Å²) in [7, 11) is 0. The van der Waals surface area contributed by atoms with Crippen molar-refractivity contribution >= 4 is 23.6 Å². The van der Waals surface area contributed by atoms with Crippen molar-refractivity contribution < 1.29 is 14.7 Å². The number of carbonyl (C=O) groups excluding carboxylic acids is 2. The predicted molar refractivity (Wildman–Crippen MR) is 63.2 cm³/mol. The number of amides is 2. The monoisotopic (exact) mass is 246 g/mol. The topological polar surface area (TPSA) is 78.4 Å². The maximum Gasteiger partial charge on any atom is 0.242 e. The molecule has 0 aliphatic carbocycles. The van der Waals surface area contributed by atoms with Crippen molar-refractivity contribution in [2.24, 2.45) is 0 Å². The van der Waals surface area contributed by atoms with Gasteiger partial charge in [0.05, 0.1) is 0 Å². The van der Waals surface area contributed by atoms with E-state index >= 15 is 0 Å². The zero-order valence-electron chi connectivity index (χ0n) is 9.20. The second kappa shape index (κ2) is 7.51. The van der Waals surface area contributed by atoms with E-state index in [-0.39, 0.29) is 24.5 Å². The fourth-order valence-electron chi connectivity index (χ4n) is 1.45. The molecule has 1 rings (SSSR count). The SMILES string of the molecule is O=C1CCC(C(=O)NCCSCCCO)N1. The molecule has 3 N–H and O–H groups in total. The summed E-state index contributed by atoms with van der Waals surface area (Å²) in [6.45, 7) is 0.828. The van der Waals surface area contributed by atoms with Crippen LogP contribution in [-0.4, -0.2) is 47.6 Å². The summed E-state index contributed by atoms with van der Waals surface area (Å²) < 4.78 is 0. The minimum atomic E-state index is -0.338. The maximum atomic E-state index is 11.5. The molecule has 1 unspecified atom stereocenters. The molecule has 0 spiro atoms. The summed E-state index contributed by atoms with van der Waals surface area (Å²) in [6, 6.07) is -0.338. The molecule has 6 heteroatoms. The lowest BCUT2D eigenvalue weighted by atomic mass is 10.2. The normalized spacial score (nSPS) is 19.6. The summed E-state index contributed by atoms with van der Waals surface area (Å²) in [5.74, 6) is 1.62. The van der Waals surface area contributed by atoms with E-state index < -0.39 is 0 Å². The first kappa shape index (κ1) is 13.3. The van der Waals surface area contributed by atoms with Crippen LogP contribution in [0, 0.1) is 0 Å². The second-order valence-electron chi connectivity index (χ2n) is 3.64. The largest absolute Gasteiger partial charge is 0.396 e. The van der Waals surface area contributed by atoms with Gasteiger partial charge >= 0.3 is 0 Å². The predicted octanol–water partition coefficient (Wildman–Crippen LogP) is -0.503. The van der Waals surface area contributed by atoms with Gasteiger partial charge < -0.3 is 15.7 Å². The van der Waals surface area contributed by atoms with Gasteiger partial charge in [0.2, 0.25) is 11.8 Å². The van der Waals surface area contributed by atoms with Crippen LogP contribution in [-0.2, 0) is 9.59 Å². The average Bonchev–Trinajstić information content (AvgIpc) is 2.70. The first-order valence-electron chi connectivity index (χ1n) is 5.49. The minimum Gasteiger partial charge on any atom is -0.396 e. The summed E-state index contributed by atoms with van der Waals surface area (Å²) in [6.07, 6.45) is 1.84. The van der Waals surface area contributed by atoms with Gasteiger partial charge in [-0.15, -0.1) is 0 Å². The Morgan fingerprint density at radius 3 is 3.00 bits per heavy atom. The van der Waals surface area contributed by atoms with E-state index in [9.17, 15) is 9.59 Å². The molecule has 1 saturated heterocycles. The highest BCUT2D eigenvalue weighted by molar-refractivity contribution is 7.99. The van der Waals surface area contributed by atoms with Crippen molar-refractivity contribution in [3.63, 3.8) is 0 Å². The van der Waals surface area contributed by atoms with E-state index in [0.717, 1.165) is 17.9 Å². The Labute approximate surface area is 99.4 Å². The first-order valence-corrected chi connectivity index (χ1v) is 6.65. The second-order valence-corrected chi connectivity index (χ2v) is 4.86. The number of aliphatic hydroxyl groups excluding tert-OH is 1. The van der Waals surface area contributed by atoms with Crippen LogP contribution in [0.1, 0.15) is 19.3 Å². The number of hydrogen-bond donors (Lipinski definition) is 3. The number of rotatable bonds is 7. The van der Waals surface area contributed by atoms with Crippen molar-refractivity contribution in [3.8, 4) is 0 Å². The van der Waals surface area contributed by atoms with Gasteiger partial charge in [-0.05, 0) is 18.6 Å². The van der Waals surface area contributed by atoms with Gasteiger partial charge in [-0.1, -0.05) is 0 Å². The van der Waals surface area contributed by atoms with Crippen LogP contribution in [0.4, 0.5) is 0 Å². The Morgan fingerprint density at radius 1 is 1.56 bits per heavy atom. The molecule has 0 radical (unpaired) electrons. The van der Waals surface area contributed by atoms with Crippen LogP contribution in [0.25, 0.3) is 0 Å². The third-order valence-electron chi connectivity index (χ3n) is 2.30. The van der Waals surface area contributed by atoms with Crippen molar-refractivity contribution in [1.29, 1.82) is 0 Å². The number of carbonyl (C=O) groups is 2. The van der Waals surface area contributed by atoms with Crippen LogP contribution in [0.15, 0.2) is 0 Å². The molecule has 0 bridgehead atoms. The van der Waals surface area contributed by atoms with Crippen molar-refractivity contribution in [2.45, 2.75) is 25.3 Å². The highest BCUT2D eigenvalue weighted by atomic mass is 32.2. The zero-order valence-corrected chi connectivity index (χ0v) is 10.0. The van der Waals surface area contributed by atoms with Gasteiger partial charge in [0.1, 0.15) is 6.04 Å². The standard InChI is InChI=1S/C10H18N2O3S/c13-5-1-6-16-7-4-11-10(15)8-2-3-9(14)12-8/h8,13H,1-7H2,(H,11,15)(H,12,14). The molecule has 5 nitrogen and oxygen atoms in total. The van der Waals surface area contributed by atoms with E-state index in [0.29, 0.717) is 19.4 Å². The molecule has 1 heterocycles. The number of nitrogens with one attached hydrogen (secondary N) is 2. The van der Waals surface area contributed by atoms with Crippen LogP contribution in [0.5, 0.6) is 0 Å². The third-order valence-corrected chi connectivity index (χ3v) is 3.37. The lowest BCUT2D eigenvalue weighted by molar-refractivity contribution is -0.125. The average molecular weight is 246 g/mol. The maximum absolute atomic E-state index is 11.5. The summed E-state index contributed by atoms with van der Waals surface area (Å²) in [4.78, 5) is 22.4. The Hall–Kier alpha value is -0.750. The van der Waals surface area contributed by atoms with E-state index in [1.165, 1.54) is 0 Å². The molecular formula is C10H18N2O3S. The van der Waals surface area contributed by atoms with Gasteiger partial charge in [0.15, 0.2) is 0 Å². The smallest absolute Gasteiger partial charge is 0.242 e. The van der Waals surface area contributed by atoms with E-state index in [1.54, 1.807) is 11.8 Å². The Balaban J connectivity index is 2.00. The summed E-state index contributed by atoms with van der Waals surface area (Å²) in [5.41, 5.74) is 0. The first-order chi connectivity index (χ1) is 7.74. The van der Waals surface area contributed by atoms with E-state index in [4.69, 9.17) is 5.11 Å². The number of thioether (sulfide) groups is 1. The molecule has 0 saturated carbocycles. The van der Waals surface area contributed by atoms with Gasteiger partial charge in [0.25, 0.3) is 0 Å². The quantitative estimate of drug-likeness (QED) is 0.529. The highest BCUT2D eigenvalue weighted by Crippen LogP contribution is 2.06. The molecule has 16 heavy (non-hydrogen) atoms. The van der Waals surface area contributed by atoms with Crippen molar-refractivity contribution in [2.75, 3.05) is 24.7 Å². The molecule has 92 valence electrons. The van der Waals surface area contributed by atoms with Gasteiger partial charge in [-0.2, -0.15) is 11.8 Å². The molecule has 0 aromatic rings. The van der Waals surface area contributed by atoms with E-state index in [2.05, 4.69) is 10.6 Å². The molecule has 2 amide bonds. The lowest BCUT2D eigenvalue weighted by Gasteiger charge is -2.10. The zero-order chi connectivity index (χ0) is 11.8. The van der Waals surface area contributed by atoms with E-state index in [1.807, 2.05) is 0 Å². The molecule has 0 aromatic carbocycles. The lowest BCUT2D eigenvalue weighted by Crippen LogP contribution is -2.42. The Bertz CT molecular complexity index is 248. The third kappa shape index (κ3) is 4.85. The number of aliphatic hydroxyl groups is 1. The summed E-state index contributed by atoms with van der Waals surface area (Å²) >= 11 is 1.70. The molecule has 1 aliphatic rings. The van der Waals surface area contributed by atoms with Crippen LogP contribution >= 0.6 is 11.8 Å². The Morgan fingerprint density at radius 2 is 2.38 bits per heavy atom.